The van der Waals surface area contributed by atoms with E-state index in [4.69, 9.17) is 9.47 Å². The predicted molar refractivity (Wildman–Crippen MR) is 128 cm³/mol. The van der Waals surface area contributed by atoms with E-state index < -0.39 is 15.8 Å². The van der Waals surface area contributed by atoms with E-state index in [1.807, 2.05) is 12.1 Å². The molecule has 4 aromatic rings. The highest BCUT2D eigenvalue weighted by Crippen LogP contribution is 2.38. The van der Waals surface area contributed by atoms with Crippen molar-refractivity contribution in [3.8, 4) is 28.8 Å². The Kier molecular flexibility index (Phi) is 6.00. The number of ether oxygens (including phenoxy) is 2. The molecule has 11 heteroatoms. The topological polar surface area (TPSA) is 119 Å². The fourth-order valence-electron chi connectivity index (χ4n) is 3.48. The molecule has 0 saturated carbocycles. The molecule has 1 aliphatic heterocycles. The summed E-state index contributed by atoms with van der Waals surface area (Å²) in [7, 11) is -3.46. The van der Waals surface area contributed by atoms with Gasteiger partial charge in [0.05, 0.1) is 16.8 Å². The van der Waals surface area contributed by atoms with Crippen LogP contribution < -0.4 is 9.47 Å². The first kappa shape index (κ1) is 22.7. The predicted octanol–water partition coefficient (Wildman–Crippen LogP) is 4.80. The fraction of sp³-hybridized carbons (Fsp3) is 0.167. The van der Waals surface area contributed by atoms with Gasteiger partial charge in [-0.2, -0.15) is 4.39 Å². The number of halogens is 1. The van der Waals surface area contributed by atoms with E-state index in [-0.39, 0.29) is 33.9 Å². The van der Waals surface area contributed by atoms with Crippen LogP contribution in [0, 0.1) is 5.95 Å². The lowest BCUT2D eigenvalue weighted by atomic mass is 10.2. The number of aliphatic imine (C=N–C) groups is 1. The van der Waals surface area contributed by atoms with Gasteiger partial charge in [-0.05, 0) is 36.8 Å². The zero-order chi connectivity index (χ0) is 24.4. The number of fused-ring (bicyclic) bond motifs is 1. The number of hydrogen-bond donors (Lipinski definition) is 1. The van der Waals surface area contributed by atoms with E-state index in [0.29, 0.717) is 35.4 Å². The van der Waals surface area contributed by atoms with Crippen molar-refractivity contribution >= 4 is 25.9 Å². The highest BCUT2D eigenvalue weighted by Gasteiger charge is 2.22. The lowest BCUT2D eigenvalue weighted by Crippen LogP contribution is -2.19. The lowest BCUT2D eigenvalue weighted by Gasteiger charge is -2.16. The van der Waals surface area contributed by atoms with E-state index >= 15 is 0 Å². The van der Waals surface area contributed by atoms with E-state index in [1.165, 1.54) is 12.3 Å². The number of imidazole rings is 1. The molecule has 0 radical (unpaired) electrons. The summed E-state index contributed by atoms with van der Waals surface area (Å²) in [6.45, 7) is 1.57. The molecular formula is C24H20FN5O4S. The Balaban J connectivity index is 1.57. The first-order valence-corrected chi connectivity index (χ1v) is 12.5. The first-order chi connectivity index (χ1) is 16.9. The van der Waals surface area contributed by atoms with Crippen molar-refractivity contribution in [1.29, 1.82) is 0 Å². The zero-order valence-corrected chi connectivity index (χ0v) is 19.4. The SMILES string of the molecule is CCS(=O)(=O)C1=NC(Oc2cc3nc(-c4ccccn4)[nH]c3cc2Oc2cccnc2F)=CCC1. The number of pyridine rings is 2. The monoisotopic (exact) mass is 493 g/mol. The summed E-state index contributed by atoms with van der Waals surface area (Å²) in [5.41, 5.74) is 1.79. The van der Waals surface area contributed by atoms with Crippen LogP contribution >= 0.6 is 0 Å². The molecule has 0 aliphatic carbocycles. The van der Waals surface area contributed by atoms with Gasteiger partial charge in [0.15, 0.2) is 32.9 Å². The molecule has 0 spiro atoms. The van der Waals surface area contributed by atoms with Crippen LogP contribution in [0.3, 0.4) is 0 Å². The second kappa shape index (κ2) is 9.26. The minimum absolute atomic E-state index is 0.0523. The van der Waals surface area contributed by atoms with Crippen molar-refractivity contribution in [2.45, 2.75) is 19.8 Å². The maximum atomic E-state index is 14.2. The largest absolute Gasteiger partial charge is 0.449 e. The number of nitrogens with one attached hydrogen (secondary N) is 1. The molecule has 0 atom stereocenters. The summed E-state index contributed by atoms with van der Waals surface area (Å²) in [5.74, 6) is 0.0536. The number of rotatable bonds is 6. The van der Waals surface area contributed by atoms with Crippen molar-refractivity contribution in [1.82, 2.24) is 19.9 Å². The minimum Gasteiger partial charge on any atom is -0.449 e. The van der Waals surface area contributed by atoms with Crippen molar-refractivity contribution in [2.75, 3.05) is 5.75 Å². The van der Waals surface area contributed by atoms with Gasteiger partial charge < -0.3 is 14.5 Å². The third kappa shape index (κ3) is 4.76. The maximum absolute atomic E-state index is 14.2. The highest BCUT2D eigenvalue weighted by atomic mass is 32.2. The molecule has 0 amide bonds. The van der Waals surface area contributed by atoms with Gasteiger partial charge in [0.2, 0.25) is 5.88 Å². The van der Waals surface area contributed by atoms with Crippen LogP contribution in [-0.4, -0.2) is 39.2 Å². The van der Waals surface area contributed by atoms with Gasteiger partial charge in [-0.3, -0.25) is 4.98 Å². The smallest absolute Gasteiger partial charge is 0.255 e. The Morgan fingerprint density at radius 3 is 2.63 bits per heavy atom. The van der Waals surface area contributed by atoms with Crippen molar-refractivity contribution in [3.63, 3.8) is 0 Å². The molecular weight excluding hydrogens is 473 g/mol. The molecule has 1 N–H and O–H groups in total. The summed E-state index contributed by atoms with van der Waals surface area (Å²) in [6, 6.07) is 11.7. The van der Waals surface area contributed by atoms with Crippen molar-refractivity contribution < 1.29 is 22.3 Å². The first-order valence-electron chi connectivity index (χ1n) is 10.8. The van der Waals surface area contributed by atoms with Crippen LogP contribution in [-0.2, 0) is 9.84 Å². The number of benzene rings is 1. The number of sulfone groups is 1. The summed E-state index contributed by atoms with van der Waals surface area (Å²) < 4.78 is 50.6. The Morgan fingerprint density at radius 2 is 1.86 bits per heavy atom. The van der Waals surface area contributed by atoms with Crippen molar-refractivity contribution in [2.24, 2.45) is 4.99 Å². The molecule has 1 aromatic carbocycles. The average molecular weight is 494 g/mol. The molecule has 1 aliphatic rings. The number of nitrogens with zero attached hydrogens (tertiary/aromatic N) is 4. The Morgan fingerprint density at radius 1 is 1.03 bits per heavy atom. The van der Waals surface area contributed by atoms with Gasteiger partial charge in [-0.15, -0.1) is 0 Å². The molecule has 0 saturated heterocycles. The van der Waals surface area contributed by atoms with E-state index in [1.54, 1.807) is 43.5 Å². The number of allylic oxidation sites excluding steroid dienone is 1. The molecule has 9 nitrogen and oxygen atoms in total. The van der Waals surface area contributed by atoms with Crippen LogP contribution in [0.2, 0.25) is 0 Å². The zero-order valence-electron chi connectivity index (χ0n) is 18.6. The van der Waals surface area contributed by atoms with Gasteiger partial charge in [0.25, 0.3) is 5.95 Å². The normalized spacial score (nSPS) is 13.9. The van der Waals surface area contributed by atoms with Gasteiger partial charge in [0, 0.05) is 30.9 Å². The fourth-order valence-corrected chi connectivity index (χ4v) is 4.47. The van der Waals surface area contributed by atoms with E-state index in [2.05, 4.69) is 24.9 Å². The van der Waals surface area contributed by atoms with Crippen LogP contribution in [0.1, 0.15) is 19.8 Å². The molecule has 0 bridgehead atoms. The standard InChI is InChI=1S/C24H20FN5O4S/c1-2-35(31,32)22-10-5-9-21(30-22)34-20-14-17-16(28-24(29-17)15-7-3-4-11-26-15)13-19(20)33-18-8-6-12-27-23(18)25/h3-4,6-9,11-14H,2,5,10H2,1H3,(H,28,29). The number of hydrogen-bond acceptors (Lipinski definition) is 8. The highest BCUT2D eigenvalue weighted by molar-refractivity contribution is 8.06. The quantitative estimate of drug-likeness (QED) is 0.383. The Labute approximate surface area is 200 Å². The van der Waals surface area contributed by atoms with Gasteiger partial charge in [-0.1, -0.05) is 13.0 Å². The summed E-state index contributed by atoms with van der Waals surface area (Å²) >= 11 is 0. The Bertz CT molecular complexity index is 1570. The minimum atomic E-state index is -3.46. The third-order valence-corrected chi connectivity index (χ3v) is 7.04. The number of aromatic amines is 1. The van der Waals surface area contributed by atoms with Gasteiger partial charge in [-0.25, -0.2) is 23.4 Å². The summed E-state index contributed by atoms with van der Waals surface area (Å²) in [6.07, 6.45) is 5.42. The maximum Gasteiger partial charge on any atom is 0.255 e. The van der Waals surface area contributed by atoms with E-state index in [9.17, 15) is 12.8 Å². The van der Waals surface area contributed by atoms with Gasteiger partial charge in [0.1, 0.15) is 10.7 Å². The van der Waals surface area contributed by atoms with Crippen LogP contribution in [0.25, 0.3) is 22.6 Å². The van der Waals surface area contributed by atoms with Crippen LogP contribution in [0.15, 0.2) is 71.8 Å². The number of aromatic nitrogens is 4. The third-order valence-electron chi connectivity index (χ3n) is 5.27. The van der Waals surface area contributed by atoms with Crippen LogP contribution in [0.5, 0.6) is 17.2 Å². The number of H-pyrrole nitrogens is 1. The van der Waals surface area contributed by atoms with E-state index in [0.717, 1.165) is 0 Å². The second-order valence-electron chi connectivity index (χ2n) is 7.60. The average Bonchev–Trinajstić information content (AvgIpc) is 3.29. The Hall–Kier alpha value is -4.12. The van der Waals surface area contributed by atoms with Gasteiger partial charge >= 0.3 is 0 Å². The molecule has 5 rings (SSSR count). The molecule has 3 aromatic heterocycles. The van der Waals surface area contributed by atoms with Crippen molar-refractivity contribution in [3.05, 3.63) is 72.8 Å². The lowest BCUT2D eigenvalue weighted by molar-refractivity contribution is 0.370. The van der Waals surface area contributed by atoms with Crippen LogP contribution in [0.4, 0.5) is 4.39 Å². The second-order valence-corrected chi connectivity index (χ2v) is 9.88. The summed E-state index contributed by atoms with van der Waals surface area (Å²) in [4.78, 5) is 19.9. The molecule has 35 heavy (non-hydrogen) atoms. The molecule has 0 fully saturated rings. The molecule has 0 unspecified atom stereocenters. The molecule has 4 heterocycles. The summed E-state index contributed by atoms with van der Waals surface area (Å²) in [5, 5.41) is 0.0663. The molecule has 178 valence electrons.